The van der Waals surface area contributed by atoms with E-state index in [4.69, 9.17) is 19.2 Å². The summed E-state index contributed by atoms with van der Waals surface area (Å²) in [6, 6.07) is 10.4. The minimum absolute atomic E-state index is 0.204. The van der Waals surface area contributed by atoms with Gasteiger partial charge in [-0.1, -0.05) is 59.3 Å². The van der Waals surface area contributed by atoms with Gasteiger partial charge in [0.2, 0.25) is 0 Å². The van der Waals surface area contributed by atoms with Crippen molar-refractivity contribution in [3.05, 3.63) is 100 Å². The smallest absolute Gasteiger partial charge is 0.338 e. The minimum Gasteiger partial charge on any atom is -0.496 e. The summed E-state index contributed by atoms with van der Waals surface area (Å²) in [6.07, 6.45) is 4.82. The van der Waals surface area contributed by atoms with Gasteiger partial charge in [0.1, 0.15) is 24.1 Å². The van der Waals surface area contributed by atoms with Crippen LogP contribution in [-0.2, 0) is 9.53 Å². The molecule has 3 aromatic rings. The topological polar surface area (TPSA) is 79.1 Å². The summed E-state index contributed by atoms with van der Waals surface area (Å²) in [4.78, 5) is 32.7. The van der Waals surface area contributed by atoms with Gasteiger partial charge in [-0.05, 0) is 71.2 Å². The molecule has 0 amide bonds. The number of carbonyl (C=O) groups is 1. The summed E-state index contributed by atoms with van der Waals surface area (Å²) in [6.45, 7) is 8.05. The second kappa shape index (κ2) is 12.9. The first-order valence-corrected chi connectivity index (χ1v) is 14.8. The summed E-state index contributed by atoms with van der Waals surface area (Å²) in [5.74, 6) is 0.736. The van der Waals surface area contributed by atoms with Gasteiger partial charge in [0.25, 0.3) is 5.56 Å². The van der Waals surface area contributed by atoms with E-state index < -0.39 is 12.0 Å². The molecule has 39 heavy (non-hydrogen) atoms. The standard InChI is InChI=1S/C29H28Br2N2O5S/c1-5-8-21-25(28(35)37-7-3)26(19-16-18(30)10-12-22(19)36-4)33-27(34)24(39-29(33)32-21)15-17-9-11-23(20(31)14-17)38-13-6-2/h6,9-12,14-16,26H,2,5,7-8,13H2,1,3-4H3/b24-15+/t26-/m0/s1. The summed E-state index contributed by atoms with van der Waals surface area (Å²) < 4.78 is 20.4. The highest BCUT2D eigenvalue weighted by Gasteiger charge is 2.36. The average molecular weight is 676 g/mol. The summed E-state index contributed by atoms with van der Waals surface area (Å²) in [7, 11) is 1.57. The van der Waals surface area contributed by atoms with Gasteiger partial charge in [-0.25, -0.2) is 9.79 Å². The first-order valence-electron chi connectivity index (χ1n) is 12.4. The fourth-order valence-corrected chi connectivity index (χ4v) is 6.27. The monoisotopic (exact) mass is 674 g/mol. The Labute approximate surface area is 247 Å². The van der Waals surface area contributed by atoms with Crippen molar-refractivity contribution in [2.24, 2.45) is 4.99 Å². The van der Waals surface area contributed by atoms with Crippen LogP contribution < -0.4 is 24.4 Å². The molecule has 0 spiro atoms. The molecule has 0 saturated carbocycles. The number of halogens is 2. The predicted molar refractivity (Wildman–Crippen MR) is 160 cm³/mol. The molecule has 4 rings (SSSR count). The molecule has 1 aliphatic rings. The highest BCUT2D eigenvalue weighted by atomic mass is 79.9. The first-order chi connectivity index (χ1) is 18.8. The lowest BCUT2D eigenvalue weighted by molar-refractivity contribution is -0.139. The molecule has 0 aliphatic carbocycles. The van der Waals surface area contributed by atoms with Crippen molar-refractivity contribution in [3.63, 3.8) is 0 Å². The van der Waals surface area contributed by atoms with Crippen LogP contribution in [0.5, 0.6) is 11.5 Å². The Morgan fingerprint density at radius 3 is 2.62 bits per heavy atom. The Balaban J connectivity index is 1.97. The zero-order valence-corrected chi connectivity index (χ0v) is 25.8. The van der Waals surface area contributed by atoms with Crippen LogP contribution >= 0.6 is 43.2 Å². The van der Waals surface area contributed by atoms with Crippen molar-refractivity contribution in [3.8, 4) is 11.5 Å². The van der Waals surface area contributed by atoms with Crippen molar-refractivity contribution >= 4 is 55.2 Å². The van der Waals surface area contributed by atoms with E-state index in [0.29, 0.717) is 50.7 Å². The van der Waals surface area contributed by atoms with E-state index in [1.54, 1.807) is 24.7 Å². The average Bonchev–Trinajstić information content (AvgIpc) is 3.22. The van der Waals surface area contributed by atoms with Crippen molar-refractivity contribution in [2.75, 3.05) is 20.3 Å². The van der Waals surface area contributed by atoms with E-state index in [1.807, 2.05) is 49.4 Å². The number of carbonyl (C=O) groups excluding carboxylic acids is 1. The van der Waals surface area contributed by atoms with Crippen molar-refractivity contribution in [1.29, 1.82) is 0 Å². The molecule has 7 nitrogen and oxygen atoms in total. The summed E-state index contributed by atoms with van der Waals surface area (Å²) >= 11 is 8.36. The Bertz CT molecular complexity index is 1620. The van der Waals surface area contributed by atoms with Crippen LogP contribution in [0.3, 0.4) is 0 Å². The van der Waals surface area contributed by atoms with Crippen molar-refractivity contribution in [1.82, 2.24) is 4.57 Å². The van der Waals surface area contributed by atoms with E-state index in [1.165, 1.54) is 11.3 Å². The van der Waals surface area contributed by atoms with Gasteiger partial charge in [-0.2, -0.15) is 0 Å². The molecular weight excluding hydrogens is 648 g/mol. The third kappa shape index (κ3) is 6.13. The summed E-state index contributed by atoms with van der Waals surface area (Å²) in [5.41, 5.74) is 2.18. The number of ether oxygens (including phenoxy) is 3. The van der Waals surface area contributed by atoms with Gasteiger partial charge in [0.05, 0.1) is 34.0 Å². The second-order valence-corrected chi connectivity index (χ2v) is 11.4. The Morgan fingerprint density at radius 1 is 1.18 bits per heavy atom. The predicted octanol–water partition coefficient (Wildman–Crippen LogP) is 5.68. The third-order valence-corrected chi connectivity index (χ3v) is 8.08. The maximum atomic E-state index is 14.0. The minimum atomic E-state index is -0.766. The van der Waals surface area contributed by atoms with Crippen molar-refractivity contribution < 1.29 is 19.0 Å². The Morgan fingerprint density at radius 2 is 1.95 bits per heavy atom. The van der Waals surface area contributed by atoms with Gasteiger partial charge < -0.3 is 14.2 Å². The highest BCUT2D eigenvalue weighted by molar-refractivity contribution is 9.10. The van der Waals surface area contributed by atoms with E-state index in [9.17, 15) is 9.59 Å². The number of esters is 1. The number of rotatable bonds is 10. The van der Waals surface area contributed by atoms with Crippen LogP contribution in [0.15, 0.2) is 79.1 Å². The Kier molecular flexibility index (Phi) is 9.63. The molecule has 0 radical (unpaired) electrons. The number of hydrogen-bond acceptors (Lipinski definition) is 7. The zero-order valence-electron chi connectivity index (χ0n) is 21.8. The largest absolute Gasteiger partial charge is 0.496 e. The third-order valence-electron chi connectivity index (χ3n) is 5.99. The number of fused-ring (bicyclic) bond motifs is 1. The summed E-state index contributed by atoms with van der Waals surface area (Å²) in [5, 5.41) is 0. The molecule has 2 aromatic carbocycles. The fraction of sp³-hybridized carbons (Fsp3) is 0.276. The van der Waals surface area contributed by atoms with Crippen LogP contribution in [0.25, 0.3) is 6.08 Å². The van der Waals surface area contributed by atoms with Crippen LogP contribution in [0.2, 0.25) is 0 Å². The molecule has 0 fully saturated rings. The molecule has 2 heterocycles. The molecule has 204 valence electrons. The van der Waals surface area contributed by atoms with Crippen LogP contribution in [0, 0.1) is 0 Å². The van der Waals surface area contributed by atoms with Gasteiger partial charge in [0.15, 0.2) is 4.80 Å². The van der Waals surface area contributed by atoms with Crippen LogP contribution in [0.4, 0.5) is 0 Å². The van der Waals surface area contributed by atoms with E-state index in [0.717, 1.165) is 20.9 Å². The maximum absolute atomic E-state index is 14.0. The van der Waals surface area contributed by atoms with E-state index in [2.05, 4.69) is 38.4 Å². The van der Waals surface area contributed by atoms with E-state index in [-0.39, 0.29) is 12.2 Å². The molecule has 0 bridgehead atoms. The lowest BCUT2D eigenvalue weighted by atomic mass is 9.93. The number of hydrogen-bond donors (Lipinski definition) is 0. The van der Waals surface area contributed by atoms with Crippen LogP contribution in [0.1, 0.15) is 43.9 Å². The molecular formula is C29H28Br2N2O5S. The fourth-order valence-electron chi connectivity index (χ4n) is 4.36. The zero-order chi connectivity index (χ0) is 28.1. The van der Waals surface area contributed by atoms with Crippen molar-refractivity contribution in [2.45, 2.75) is 32.7 Å². The maximum Gasteiger partial charge on any atom is 0.338 e. The van der Waals surface area contributed by atoms with Crippen LogP contribution in [-0.4, -0.2) is 30.9 Å². The number of aromatic nitrogens is 1. The van der Waals surface area contributed by atoms with Gasteiger partial charge in [-0.3, -0.25) is 9.36 Å². The lowest BCUT2D eigenvalue weighted by Crippen LogP contribution is -2.40. The second-order valence-electron chi connectivity index (χ2n) is 8.59. The molecule has 1 atom stereocenters. The molecule has 1 aromatic heterocycles. The molecule has 10 heteroatoms. The normalized spacial score (nSPS) is 15.0. The van der Waals surface area contributed by atoms with Gasteiger partial charge >= 0.3 is 5.97 Å². The van der Waals surface area contributed by atoms with Gasteiger partial charge in [0, 0.05) is 10.0 Å². The quantitative estimate of drug-likeness (QED) is 0.204. The number of nitrogens with zero attached hydrogens (tertiary/aromatic N) is 2. The number of benzene rings is 2. The number of allylic oxidation sites excluding steroid dienone is 1. The van der Waals surface area contributed by atoms with Gasteiger partial charge in [-0.15, -0.1) is 0 Å². The molecule has 0 N–H and O–H groups in total. The SMILES string of the molecule is C=CCOc1ccc(/C=c2/sc3n(c2=O)[C@@H](c2cc(Br)ccc2OC)C(C(=O)OCC)=C(CCC)N=3)cc1Br. The lowest BCUT2D eigenvalue weighted by Gasteiger charge is -2.27. The molecule has 0 saturated heterocycles. The first kappa shape index (κ1) is 29.0. The Hall–Kier alpha value is -2.95. The number of thiazole rings is 1. The molecule has 0 unspecified atom stereocenters. The van der Waals surface area contributed by atoms with E-state index >= 15 is 0 Å². The molecule has 1 aliphatic heterocycles. The highest BCUT2D eigenvalue weighted by Crippen LogP contribution is 2.38. The number of methoxy groups -OCH3 is 1.